The second kappa shape index (κ2) is 11.8. The Morgan fingerprint density at radius 3 is 1.71 bits per heavy atom. The van der Waals surface area contributed by atoms with E-state index in [0.29, 0.717) is 0 Å². The van der Waals surface area contributed by atoms with E-state index in [2.05, 4.69) is 193 Å². The summed E-state index contributed by atoms with van der Waals surface area (Å²) in [6, 6.07) is 65.4. The van der Waals surface area contributed by atoms with Crippen LogP contribution in [0.1, 0.15) is 22.7 Å². The van der Waals surface area contributed by atoms with Crippen LogP contribution in [0.5, 0.6) is 0 Å². The maximum absolute atomic E-state index is 7.05. The van der Waals surface area contributed by atoms with Crippen molar-refractivity contribution in [3.63, 3.8) is 0 Å². The van der Waals surface area contributed by atoms with Crippen LogP contribution in [-0.4, -0.2) is 4.57 Å². The molecule has 2 heteroatoms. The van der Waals surface area contributed by atoms with Gasteiger partial charge in [0, 0.05) is 22.2 Å². The van der Waals surface area contributed by atoms with Crippen LogP contribution < -0.4 is 5.73 Å². The van der Waals surface area contributed by atoms with Crippen molar-refractivity contribution in [2.24, 2.45) is 5.73 Å². The molecule has 1 heterocycles. The maximum Gasteiger partial charge on any atom is 0.0548 e. The second-order valence-electron chi connectivity index (χ2n) is 13.5. The molecule has 1 atom stereocenters. The molecule has 0 fully saturated rings. The number of benzene rings is 9. The second-order valence-corrected chi connectivity index (χ2v) is 13.5. The quantitative estimate of drug-likeness (QED) is 0.197. The fraction of sp³-hybridized carbons (Fsp3) is 0.0204. The molecule has 1 aromatic heterocycles. The van der Waals surface area contributed by atoms with E-state index in [4.69, 9.17) is 5.73 Å². The van der Waals surface area contributed by atoms with Crippen LogP contribution in [0.3, 0.4) is 0 Å². The van der Waals surface area contributed by atoms with Gasteiger partial charge in [0.05, 0.1) is 16.7 Å². The third-order valence-electron chi connectivity index (χ3n) is 10.6. The Morgan fingerprint density at radius 2 is 1.00 bits per heavy atom. The zero-order chi connectivity index (χ0) is 33.9. The van der Waals surface area contributed by atoms with Crippen molar-refractivity contribution in [2.75, 3.05) is 0 Å². The van der Waals surface area contributed by atoms with Crippen molar-refractivity contribution in [3.05, 3.63) is 205 Å². The lowest BCUT2D eigenvalue weighted by atomic mass is 9.90. The number of nitrogens with two attached hydrogens (primary N) is 1. The minimum atomic E-state index is -0.290. The van der Waals surface area contributed by atoms with Crippen LogP contribution in [0, 0.1) is 0 Å². The highest BCUT2D eigenvalue weighted by Crippen LogP contribution is 2.42. The Morgan fingerprint density at radius 1 is 0.451 bits per heavy atom. The van der Waals surface area contributed by atoms with E-state index in [1.165, 1.54) is 64.9 Å². The fourth-order valence-electron chi connectivity index (χ4n) is 8.18. The summed E-state index contributed by atoms with van der Waals surface area (Å²) in [5.41, 5.74) is 15.1. The fourth-order valence-corrected chi connectivity index (χ4v) is 8.18. The lowest BCUT2D eigenvalue weighted by molar-refractivity contribution is 0.915. The number of fused-ring (bicyclic) bond motifs is 9. The monoisotopic (exact) mass is 650 g/mol. The zero-order valence-electron chi connectivity index (χ0n) is 28.0. The first-order chi connectivity index (χ1) is 25.2. The molecule has 240 valence electrons. The van der Waals surface area contributed by atoms with E-state index < -0.39 is 0 Å². The van der Waals surface area contributed by atoms with Crippen molar-refractivity contribution in [1.82, 2.24) is 4.57 Å². The normalized spacial score (nSPS) is 12.8. The molecule has 9 aromatic carbocycles. The molecule has 0 aliphatic heterocycles. The van der Waals surface area contributed by atoms with Gasteiger partial charge in [0.2, 0.25) is 0 Å². The number of nitrogens with zero attached hydrogens (tertiary/aromatic N) is 1. The summed E-state index contributed by atoms with van der Waals surface area (Å²) < 4.78 is 2.47. The Bertz CT molecular complexity index is 2890. The Hall–Kier alpha value is -6.48. The van der Waals surface area contributed by atoms with E-state index in [9.17, 15) is 0 Å². The molecule has 0 radical (unpaired) electrons. The molecule has 0 aliphatic carbocycles. The molecule has 0 bridgehead atoms. The molecule has 0 saturated carbocycles. The third kappa shape index (κ3) is 4.76. The summed E-state index contributed by atoms with van der Waals surface area (Å²) in [5.74, 6) is 0. The Kier molecular flexibility index (Phi) is 6.83. The maximum atomic E-state index is 7.05. The topological polar surface area (TPSA) is 30.9 Å². The number of hydrogen-bond donors (Lipinski definition) is 1. The van der Waals surface area contributed by atoms with Gasteiger partial charge < -0.3 is 10.3 Å². The predicted molar refractivity (Wildman–Crippen MR) is 218 cm³/mol. The molecule has 0 saturated heterocycles. The van der Waals surface area contributed by atoms with Crippen LogP contribution in [0.15, 0.2) is 188 Å². The summed E-state index contributed by atoms with van der Waals surface area (Å²) in [4.78, 5) is 0. The van der Waals surface area contributed by atoms with E-state index in [0.717, 1.165) is 28.0 Å². The average Bonchev–Trinajstić information content (AvgIpc) is 3.55. The molecule has 51 heavy (non-hydrogen) atoms. The van der Waals surface area contributed by atoms with E-state index >= 15 is 0 Å². The summed E-state index contributed by atoms with van der Waals surface area (Å²) in [6.45, 7) is 0. The van der Waals surface area contributed by atoms with Crippen molar-refractivity contribution < 1.29 is 0 Å². The molecular weight excluding hydrogens is 617 g/mol. The van der Waals surface area contributed by atoms with Crippen molar-refractivity contribution in [2.45, 2.75) is 6.04 Å². The molecule has 2 N–H and O–H groups in total. The van der Waals surface area contributed by atoms with Gasteiger partial charge in [-0.15, -0.1) is 0 Å². The predicted octanol–water partition coefficient (Wildman–Crippen LogP) is 12.5. The van der Waals surface area contributed by atoms with Crippen molar-refractivity contribution >= 4 is 70.5 Å². The highest BCUT2D eigenvalue weighted by molar-refractivity contribution is 6.28. The van der Waals surface area contributed by atoms with Crippen LogP contribution in [0.4, 0.5) is 0 Å². The summed E-state index contributed by atoms with van der Waals surface area (Å²) in [7, 11) is 0. The molecule has 10 rings (SSSR count). The van der Waals surface area contributed by atoms with Crippen LogP contribution >= 0.6 is 0 Å². The van der Waals surface area contributed by atoms with Crippen LogP contribution in [-0.2, 0) is 0 Å². The number of aromatic nitrogens is 1. The molecular formula is C49H34N2. The van der Waals surface area contributed by atoms with Gasteiger partial charge in [-0.1, -0.05) is 164 Å². The highest BCUT2D eigenvalue weighted by atomic mass is 15.0. The number of hydrogen-bond acceptors (Lipinski definition) is 1. The van der Waals surface area contributed by atoms with Gasteiger partial charge in [-0.05, 0) is 84.2 Å². The average molecular weight is 651 g/mol. The van der Waals surface area contributed by atoms with Gasteiger partial charge >= 0.3 is 0 Å². The standard InChI is InChI=1S/C49H34N2/c50-44(37-25-24-32-12-4-5-17-36(32)30-37)31-43(33-13-2-1-3-14-33)41-20-10-22-42-40(41)21-11-23-45(42)51-46-28-26-34-15-6-8-18-38(34)48(46)49-39-19-9-7-16-35(39)27-29-47(49)51/h1-31,44H,50H2/b43-31-. The Balaban J connectivity index is 1.23. The third-order valence-corrected chi connectivity index (χ3v) is 10.6. The molecule has 1 unspecified atom stereocenters. The van der Waals surface area contributed by atoms with Gasteiger partial charge in [-0.3, -0.25) is 0 Å². The minimum absolute atomic E-state index is 0.290. The van der Waals surface area contributed by atoms with E-state index in [1.807, 2.05) is 0 Å². The first-order valence-corrected chi connectivity index (χ1v) is 17.6. The zero-order valence-corrected chi connectivity index (χ0v) is 28.0. The molecule has 2 nitrogen and oxygen atoms in total. The Labute approximate surface area is 296 Å². The van der Waals surface area contributed by atoms with Gasteiger partial charge in [0.15, 0.2) is 0 Å². The molecule has 0 amide bonds. The lowest BCUT2D eigenvalue weighted by Crippen LogP contribution is -2.08. The summed E-state index contributed by atoms with van der Waals surface area (Å²) >= 11 is 0. The minimum Gasteiger partial charge on any atom is -0.321 e. The van der Waals surface area contributed by atoms with E-state index in [1.54, 1.807) is 0 Å². The number of rotatable bonds is 5. The molecule has 0 spiro atoms. The van der Waals surface area contributed by atoms with Crippen LogP contribution in [0.25, 0.3) is 76.2 Å². The first kappa shape index (κ1) is 29.4. The van der Waals surface area contributed by atoms with Crippen molar-refractivity contribution in [3.8, 4) is 5.69 Å². The SMILES string of the molecule is NC(/C=C(/c1ccccc1)c1cccc2c(-n3c4ccc5ccccc5c4c4c5ccccc5ccc43)cccc12)c1ccc2ccccc2c1. The van der Waals surface area contributed by atoms with Gasteiger partial charge in [-0.25, -0.2) is 0 Å². The largest absolute Gasteiger partial charge is 0.321 e. The summed E-state index contributed by atoms with van der Waals surface area (Å²) in [6.07, 6.45) is 2.24. The van der Waals surface area contributed by atoms with Crippen LogP contribution in [0.2, 0.25) is 0 Å². The summed E-state index contributed by atoms with van der Waals surface area (Å²) in [5, 5.41) is 12.4. The van der Waals surface area contributed by atoms with E-state index in [-0.39, 0.29) is 6.04 Å². The van der Waals surface area contributed by atoms with Gasteiger partial charge in [0.1, 0.15) is 0 Å². The highest BCUT2D eigenvalue weighted by Gasteiger charge is 2.20. The smallest absolute Gasteiger partial charge is 0.0548 e. The first-order valence-electron chi connectivity index (χ1n) is 17.6. The van der Waals surface area contributed by atoms with Gasteiger partial charge in [0.25, 0.3) is 0 Å². The lowest BCUT2D eigenvalue weighted by Gasteiger charge is -2.18. The molecule has 10 aromatic rings. The molecule has 0 aliphatic rings. The van der Waals surface area contributed by atoms with Crippen molar-refractivity contribution in [1.29, 1.82) is 0 Å². The van der Waals surface area contributed by atoms with Gasteiger partial charge in [-0.2, -0.15) is 0 Å².